The number of rotatable bonds is 2. The molecule has 0 atom stereocenters. The highest BCUT2D eigenvalue weighted by Crippen LogP contribution is 2.32. The molecule has 0 fully saturated rings. The molecule has 0 amide bonds. The number of benzene rings is 1. The van der Waals surface area contributed by atoms with Crippen LogP contribution in [0.15, 0.2) is 18.2 Å². The van der Waals surface area contributed by atoms with Gasteiger partial charge in [0.2, 0.25) is 0 Å². The van der Waals surface area contributed by atoms with Crippen molar-refractivity contribution in [2.75, 3.05) is 12.8 Å². The summed E-state index contributed by atoms with van der Waals surface area (Å²) in [7, 11) is 1.59. The molecule has 0 bridgehead atoms. The number of hydrogen-bond donors (Lipinski definition) is 1. The maximum atomic E-state index is 8.47. The summed E-state index contributed by atoms with van der Waals surface area (Å²) in [5.74, 6) is 0.669. The third kappa shape index (κ3) is 1.83. The van der Waals surface area contributed by atoms with E-state index in [0.717, 1.165) is 15.8 Å². The van der Waals surface area contributed by atoms with E-state index in [1.807, 2.05) is 18.2 Å². The molecule has 4 nitrogen and oxygen atoms in total. The average Bonchev–Trinajstić information content (AvgIpc) is 2.65. The Kier molecular flexibility index (Phi) is 2.75. The zero-order valence-electron chi connectivity index (χ0n) is 8.60. The fourth-order valence-corrected chi connectivity index (χ4v) is 2.22. The number of nitriles is 1. The van der Waals surface area contributed by atoms with Gasteiger partial charge in [0, 0.05) is 6.08 Å². The molecule has 16 heavy (non-hydrogen) atoms. The van der Waals surface area contributed by atoms with E-state index in [0.29, 0.717) is 10.9 Å². The Hall–Kier alpha value is -2.06. The summed E-state index contributed by atoms with van der Waals surface area (Å²) in [5.41, 5.74) is 7.31. The van der Waals surface area contributed by atoms with Crippen LogP contribution in [0.1, 0.15) is 5.56 Å². The Morgan fingerprint density at radius 1 is 1.56 bits per heavy atom. The highest BCUT2D eigenvalue weighted by Gasteiger charge is 2.08. The molecule has 0 spiro atoms. The van der Waals surface area contributed by atoms with Crippen molar-refractivity contribution in [3.8, 4) is 11.8 Å². The first kappa shape index (κ1) is 10.5. The summed E-state index contributed by atoms with van der Waals surface area (Å²) in [6.07, 6.45) is 3.14. The predicted octanol–water partition coefficient (Wildman–Crippen LogP) is 2.42. The summed E-state index contributed by atoms with van der Waals surface area (Å²) in [6, 6.07) is 5.71. The minimum absolute atomic E-state index is 0.509. The average molecular weight is 231 g/mol. The minimum Gasteiger partial charge on any atom is -0.494 e. The second-order valence-electron chi connectivity index (χ2n) is 3.08. The summed E-state index contributed by atoms with van der Waals surface area (Å²) in [5, 5.41) is 8.98. The molecule has 1 aromatic heterocycles. The van der Waals surface area contributed by atoms with Crippen LogP contribution >= 0.6 is 11.3 Å². The van der Waals surface area contributed by atoms with Crippen LogP contribution in [0, 0.1) is 11.3 Å². The largest absolute Gasteiger partial charge is 0.494 e. The first-order valence-corrected chi connectivity index (χ1v) is 5.36. The number of nitrogens with zero attached hydrogens (tertiary/aromatic N) is 2. The van der Waals surface area contributed by atoms with Crippen LogP contribution in [-0.2, 0) is 0 Å². The van der Waals surface area contributed by atoms with Gasteiger partial charge < -0.3 is 10.5 Å². The van der Waals surface area contributed by atoms with Crippen molar-refractivity contribution in [3.63, 3.8) is 0 Å². The number of thiazole rings is 1. The first-order chi connectivity index (χ1) is 7.74. The Labute approximate surface area is 96.6 Å². The lowest BCUT2D eigenvalue weighted by Crippen LogP contribution is -1.86. The Morgan fingerprint density at radius 3 is 3.06 bits per heavy atom. The molecule has 0 aliphatic carbocycles. The third-order valence-corrected chi connectivity index (χ3v) is 2.90. The van der Waals surface area contributed by atoms with Gasteiger partial charge in [-0.2, -0.15) is 5.26 Å². The number of methoxy groups -OCH3 is 1. The lowest BCUT2D eigenvalue weighted by atomic mass is 10.2. The van der Waals surface area contributed by atoms with Crippen molar-refractivity contribution in [1.29, 1.82) is 5.26 Å². The second-order valence-corrected chi connectivity index (χ2v) is 4.15. The smallest absolute Gasteiger partial charge is 0.181 e. The summed E-state index contributed by atoms with van der Waals surface area (Å²) in [4.78, 5) is 4.19. The van der Waals surface area contributed by atoms with Crippen molar-refractivity contribution in [1.82, 2.24) is 4.98 Å². The molecular formula is C11H9N3OS. The molecule has 2 rings (SSSR count). The second kappa shape index (κ2) is 4.21. The summed E-state index contributed by atoms with van der Waals surface area (Å²) < 4.78 is 6.19. The zero-order valence-corrected chi connectivity index (χ0v) is 9.41. The van der Waals surface area contributed by atoms with Crippen molar-refractivity contribution in [3.05, 3.63) is 23.8 Å². The highest BCUT2D eigenvalue weighted by atomic mass is 32.1. The van der Waals surface area contributed by atoms with E-state index in [1.54, 1.807) is 13.2 Å². The predicted molar refractivity (Wildman–Crippen MR) is 65.2 cm³/mol. The van der Waals surface area contributed by atoms with Gasteiger partial charge in [-0.1, -0.05) is 11.3 Å². The molecule has 0 saturated heterocycles. The molecule has 2 N–H and O–H groups in total. The maximum absolute atomic E-state index is 8.47. The Bertz CT molecular complexity index is 595. The normalized spacial score (nSPS) is 10.8. The number of hydrogen-bond acceptors (Lipinski definition) is 5. The molecule has 0 aliphatic rings. The van der Waals surface area contributed by atoms with E-state index in [-0.39, 0.29) is 0 Å². The van der Waals surface area contributed by atoms with Crippen LogP contribution < -0.4 is 10.5 Å². The van der Waals surface area contributed by atoms with Crippen LogP contribution in [0.25, 0.3) is 16.3 Å². The summed E-state index contributed by atoms with van der Waals surface area (Å²) >= 11 is 1.40. The quantitative estimate of drug-likeness (QED) is 0.806. The topological polar surface area (TPSA) is 71.9 Å². The van der Waals surface area contributed by atoms with Crippen LogP contribution in [0.2, 0.25) is 0 Å². The maximum Gasteiger partial charge on any atom is 0.181 e. The van der Waals surface area contributed by atoms with Crippen LogP contribution in [0.4, 0.5) is 5.13 Å². The molecule has 1 heterocycles. The lowest BCUT2D eigenvalue weighted by molar-refractivity contribution is 0.419. The molecule has 2 aromatic rings. The molecule has 0 unspecified atom stereocenters. The van der Waals surface area contributed by atoms with E-state index >= 15 is 0 Å². The van der Waals surface area contributed by atoms with Gasteiger partial charge in [0.05, 0.1) is 17.9 Å². The van der Waals surface area contributed by atoms with Crippen LogP contribution in [0.3, 0.4) is 0 Å². The van der Waals surface area contributed by atoms with E-state index in [2.05, 4.69) is 4.98 Å². The van der Waals surface area contributed by atoms with Crippen LogP contribution in [-0.4, -0.2) is 12.1 Å². The molecular weight excluding hydrogens is 222 g/mol. The highest BCUT2D eigenvalue weighted by molar-refractivity contribution is 7.22. The van der Waals surface area contributed by atoms with Crippen molar-refractivity contribution in [2.24, 2.45) is 0 Å². The van der Waals surface area contributed by atoms with Gasteiger partial charge in [0.15, 0.2) is 5.13 Å². The monoisotopic (exact) mass is 231 g/mol. The molecule has 0 radical (unpaired) electrons. The van der Waals surface area contributed by atoms with E-state index in [1.165, 1.54) is 17.4 Å². The standard InChI is InChI=1S/C11H9N3OS/c1-15-8-5-7(3-2-4-12)6-9-10(8)14-11(13)16-9/h2-3,5-6H,1H3,(H2,13,14)/b3-2+. The van der Waals surface area contributed by atoms with E-state index < -0.39 is 0 Å². The minimum atomic E-state index is 0.509. The first-order valence-electron chi connectivity index (χ1n) is 4.55. The number of aromatic nitrogens is 1. The van der Waals surface area contributed by atoms with Gasteiger partial charge in [-0.15, -0.1) is 0 Å². The van der Waals surface area contributed by atoms with Gasteiger partial charge in [-0.25, -0.2) is 4.98 Å². The van der Waals surface area contributed by atoms with Crippen molar-refractivity contribution < 1.29 is 4.74 Å². The fourth-order valence-electron chi connectivity index (χ4n) is 1.42. The molecule has 1 aromatic carbocycles. The fraction of sp³-hybridized carbons (Fsp3) is 0.0909. The molecule has 80 valence electrons. The number of anilines is 1. The number of nitrogens with two attached hydrogens (primary N) is 1. The molecule has 0 aliphatic heterocycles. The number of ether oxygens (including phenoxy) is 1. The molecule has 5 heteroatoms. The lowest BCUT2D eigenvalue weighted by Gasteiger charge is -2.01. The SMILES string of the molecule is COc1cc(/C=C/C#N)cc2sc(N)nc12. The van der Waals surface area contributed by atoms with Gasteiger partial charge in [-0.3, -0.25) is 0 Å². The van der Waals surface area contributed by atoms with E-state index in [9.17, 15) is 0 Å². The molecule has 0 saturated carbocycles. The van der Waals surface area contributed by atoms with Gasteiger partial charge >= 0.3 is 0 Å². The van der Waals surface area contributed by atoms with Gasteiger partial charge in [0.25, 0.3) is 0 Å². The summed E-state index contributed by atoms with van der Waals surface area (Å²) in [6.45, 7) is 0. The number of nitrogen functional groups attached to an aromatic ring is 1. The zero-order chi connectivity index (χ0) is 11.5. The van der Waals surface area contributed by atoms with Crippen molar-refractivity contribution >= 4 is 32.8 Å². The number of fused-ring (bicyclic) bond motifs is 1. The Morgan fingerprint density at radius 2 is 2.38 bits per heavy atom. The van der Waals surface area contributed by atoms with Gasteiger partial charge in [0.1, 0.15) is 11.3 Å². The van der Waals surface area contributed by atoms with Crippen LogP contribution in [0.5, 0.6) is 5.75 Å². The number of allylic oxidation sites excluding steroid dienone is 1. The van der Waals surface area contributed by atoms with Crippen molar-refractivity contribution in [2.45, 2.75) is 0 Å². The third-order valence-electron chi connectivity index (χ3n) is 2.07. The van der Waals surface area contributed by atoms with Gasteiger partial charge in [-0.05, 0) is 23.8 Å². The Balaban J connectivity index is 2.63. The van der Waals surface area contributed by atoms with E-state index in [4.69, 9.17) is 15.7 Å².